The Labute approximate surface area is 104 Å². The van der Waals surface area contributed by atoms with Gasteiger partial charge in [-0.1, -0.05) is 29.8 Å². The molecular weight excluding hydrogens is 230 g/mol. The molecule has 0 N–H and O–H groups in total. The van der Waals surface area contributed by atoms with E-state index in [1.165, 1.54) is 12.0 Å². The molecule has 88 valence electrons. The number of hydrogen-bond acceptors (Lipinski definition) is 1. The van der Waals surface area contributed by atoms with Gasteiger partial charge in [0.2, 0.25) is 0 Å². The van der Waals surface area contributed by atoms with Gasteiger partial charge in [-0.15, -0.1) is 0 Å². The molecule has 3 heteroatoms. The van der Waals surface area contributed by atoms with Crippen molar-refractivity contribution in [1.82, 2.24) is 0 Å². The maximum Gasteiger partial charge on any atom is 0.126 e. The van der Waals surface area contributed by atoms with Crippen LogP contribution in [0.1, 0.15) is 12.0 Å². The van der Waals surface area contributed by atoms with E-state index < -0.39 is 11.0 Å². The van der Waals surface area contributed by atoms with Crippen molar-refractivity contribution in [3.63, 3.8) is 0 Å². The topological polar surface area (TPSA) is 20.3 Å². The first kappa shape index (κ1) is 9.89. The van der Waals surface area contributed by atoms with Crippen LogP contribution in [-0.2, 0) is 11.0 Å². The fourth-order valence-electron chi connectivity index (χ4n) is 3.48. The summed E-state index contributed by atoms with van der Waals surface area (Å²) in [6.45, 7) is 2.08. The highest BCUT2D eigenvalue weighted by atomic mass is 32.2. The van der Waals surface area contributed by atoms with Gasteiger partial charge >= 0.3 is 0 Å². The quantitative estimate of drug-likeness (QED) is 0.696. The smallest absolute Gasteiger partial charge is 0.126 e. The third kappa shape index (κ3) is 1.18. The van der Waals surface area contributed by atoms with E-state index >= 15 is 0 Å². The van der Waals surface area contributed by atoms with E-state index in [9.17, 15) is 4.21 Å². The number of aryl methyl sites for hydroxylation is 1. The zero-order valence-corrected chi connectivity index (χ0v) is 10.6. The number of fused-ring (bicyclic) bond motifs is 5. The Hall–Kier alpha value is -1.09. The summed E-state index contributed by atoms with van der Waals surface area (Å²) in [6.07, 6.45) is 5.81. The molecule has 2 bridgehead atoms. The summed E-state index contributed by atoms with van der Waals surface area (Å²) in [7, 11) is -0.810. The molecular formula is C14H15NOS. The second kappa shape index (κ2) is 3.22. The lowest BCUT2D eigenvalue weighted by Crippen LogP contribution is -2.62. The number of hydrogen-bond donors (Lipinski definition) is 0. The summed E-state index contributed by atoms with van der Waals surface area (Å²) in [4.78, 5) is 0. The fraction of sp³-hybridized carbons (Fsp3) is 0.429. The number of rotatable bonds is 1. The van der Waals surface area contributed by atoms with Crippen molar-refractivity contribution in [2.24, 2.45) is 11.8 Å². The molecule has 1 saturated heterocycles. The molecule has 1 aromatic rings. The Morgan fingerprint density at radius 2 is 1.88 bits per heavy atom. The first-order valence-electron chi connectivity index (χ1n) is 6.20. The van der Waals surface area contributed by atoms with Crippen molar-refractivity contribution >= 4 is 16.7 Å². The largest absolute Gasteiger partial charge is 0.287 e. The maximum absolute atomic E-state index is 12.3. The van der Waals surface area contributed by atoms with Crippen LogP contribution in [0.25, 0.3) is 0 Å². The normalized spacial score (nSPS) is 41.5. The third-order valence-corrected chi connectivity index (χ3v) is 6.27. The molecule has 1 heterocycles. The van der Waals surface area contributed by atoms with E-state index in [-0.39, 0.29) is 0 Å². The molecule has 2 aliphatic carbocycles. The molecule has 4 rings (SSSR count). The zero-order chi connectivity index (χ0) is 11.6. The molecule has 2 fully saturated rings. The number of benzene rings is 1. The Kier molecular flexibility index (Phi) is 1.88. The number of allylic oxidation sites excluding steroid dienone is 1. The molecule has 0 spiro atoms. The molecule has 0 radical (unpaired) electrons. The van der Waals surface area contributed by atoms with Crippen LogP contribution in [0.2, 0.25) is 0 Å². The molecule has 5 atom stereocenters. The third-order valence-electron chi connectivity index (χ3n) is 4.33. The number of anilines is 1. The van der Waals surface area contributed by atoms with E-state index in [0.717, 1.165) is 5.69 Å². The van der Waals surface area contributed by atoms with E-state index in [1.54, 1.807) is 0 Å². The predicted octanol–water partition coefficient (Wildman–Crippen LogP) is 2.42. The second-order valence-corrected chi connectivity index (χ2v) is 6.83. The molecule has 3 aliphatic rings. The average Bonchev–Trinajstić information content (AvgIpc) is 2.89. The summed E-state index contributed by atoms with van der Waals surface area (Å²) in [5.41, 5.74) is 2.38. The van der Waals surface area contributed by atoms with Crippen molar-refractivity contribution in [3.8, 4) is 0 Å². The van der Waals surface area contributed by atoms with Gasteiger partial charge in [0.25, 0.3) is 0 Å². The average molecular weight is 245 g/mol. The van der Waals surface area contributed by atoms with E-state index in [2.05, 4.69) is 47.6 Å². The second-order valence-electron chi connectivity index (χ2n) is 5.34. The molecule has 1 aromatic carbocycles. The molecule has 1 aliphatic heterocycles. The van der Waals surface area contributed by atoms with Crippen LogP contribution in [0.15, 0.2) is 36.4 Å². The van der Waals surface area contributed by atoms with Crippen molar-refractivity contribution < 1.29 is 4.21 Å². The first-order valence-corrected chi connectivity index (χ1v) is 7.37. The van der Waals surface area contributed by atoms with Crippen molar-refractivity contribution in [2.75, 3.05) is 4.31 Å². The van der Waals surface area contributed by atoms with Crippen LogP contribution in [0, 0.1) is 18.8 Å². The van der Waals surface area contributed by atoms with Gasteiger partial charge in [-0.2, -0.15) is 0 Å². The van der Waals surface area contributed by atoms with Gasteiger partial charge in [0.05, 0.1) is 11.3 Å². The van der Waals surface area contributed by atoms with Crippen LogP contribution in [0.4, 0.5) is 5.69 Å². The van der Waals surface area contributed by atoms with E-state index in [1.807, 2.05) is 0 Å². The van der Waals surface area contributed by atoms with E-state index in [4.69, 9.17) is 0 Å². The number of nitrogens with zero attached hydrogens (tertiary/aromatic N) is 1. The van der Waals surface area contributed by atoms with Gasteiger partial charge in [-0.05, 0) is 31.4 Å². The first-order chi connectivity index (χ1) is 8.25. The lowest BCUT2D eigenvalue weighted by atomic mass is 10.00. The van der Waals surface area contributed by atoms with Crippen LogP contribution >= 0.6 is 0 Å². The van der Waals surface area contributed by atoms with Gasteiger partial charge in [0, 0.05) is 11.6 Å². The molecule has 5 unspecified atom stereocenters. The fourth-order valence-corrected chi connectivity index (χ4v) is 5.47. The Balaban J connectivity index is 1.70. The van der Waals surface area contributed by atoms with Gasteiger partial charge in [-0.25, -0.2) is 4.21 Å². The van der Waals surface area contributed by atoms with Gasteiger partial charge in [0.15, 0.2) is 0 Å². The van der Waals surface area contributed by atoms with Crippen LogP contribution in [0.3, 0.4) is 0 Å². The maximum atomic E-state index is 12.3. The molecule has 0 aromatic heterocycles. The lowest BCUT2D eigenvalue weighted by Gasteiger charge is -2.48. The predicted molar refractivity (Wildman–Crippen MR) is 70.1 cm³/mol. The van der Waals surface area contributed by atoms with Gasteiger partial charge in [0.1, 0.15) is 11.0 Å². The SMILES string of the molecule is Cc1ccc(N2C3C4C=CC(C4)C3S2=O)cc1. The monoisotopic (exact) mass is 245 g/mol. The standard InChI is InChI=1S/C14H15NOS/c1-9-2-6-12(7-3-9)15-13-10-4-5-11(8-10)14(13)17(15)16/h2-7,10-11,13-14H,8H2,1H3. The summed E-state index contributed by atoms with van der Waals surface area (Å²) in [5.74, 6) is 1.21. The van der Waals surface area contributed by atoms with Crippen molar-refractivity contribution in [3.05, 3.63) is 42.0 Å². The van der Waals surface area contributed by atoms with Crippen LogP contribution < -0.4 is 4.31 Å². The van der Waals surface area contributed by atoms with Gasteiger partial charge in [-0.3, -0.25) is 4.31 Å². The highest BCUT2D eigenvalue weighted by Crippen LogP contribution is 2.52. The summed E-state index contributed by atoms with van der Waals surface area (Å²) in [6, 6.07) is 8.89. The molecule has 17 heavy (non-hydrogen) atoms. The highest BCUT2D eigenvalue weighted by Gasteiger charge is 2.59. The van der Waals surface area contributed by atoms with Crippen LogP contribution in [-0.4, -0.2) is 15.5 Å². The Morgan fingerprint density at radius 3 is 2.65 bits per heavy atom. The van der Waals surface area contributed by atoms with Crippen LogP contribution in [0.5, 0.6) is 0 Å². The minimum Gasteiger partial charge on any atom is -0.287 e. The Morgan fingerprint density at radius 1 is 1.18 bits per heavy atom. The summed E-state index contributed by atoms with van der Waals surface area (Å²) < 4.78 is 14.4. The Bertz CT molecular complexity index is 522. The van der Waals surface area contributed by atoms with Crippen molar-refractivity contribution in [2.45, 2.75) is 24.6 Å². The molecule has 2 nitrogen and oxygen atoms in total. The summed E-state index contributed by atoms with van der Waals surface area (Å²) >= 11 is 0. The minimum absolute atomic E-state index is 0.395. The van der Waals surface area contributed by atoms with Gasteiger partial charge < -0.3 is 0 Å². The molecule has 1 saturated carbocycles. The highest BCUT2D eigenvalue weighted by molar-refractivity contribution is 7.88. The van der Waals surface area contributed by atoms with E-state index in [0.29, 0.717) is 23.1 Å². The zero-order valence-electron chi connectivity index (χ0n) is 9.74. The van der Waals surface area contributed by atoms with Crippen molar-refractivity contribution in [1.29, 1.82) is 0 Å². The molecule has 0 amide bonds. The lowest BCUT2D eigenvalue weighted by molar-refractivity contribution is 0.521. The summed E-state index contributed by atoms with van der Waals surface area (Å²) in [5, 5.41) is 0.395. The minimum atomic E-state index is -0.810.